The van der Waals surface area contributed by atoms with Gasteiger partial charge in [-0.3, -0.25) is 4.79 Å². The van der Waals surface area contributed by atoms with Crippen LogP contribution >= 0.6 is 22.9 Å². The Kier molecular flexibility index (Phi) is 7.28. The van der Waals surface area contributed by atoms with Gasteiger partial charge in [0, 0.05) is 23.9 Å². The molecule has 3 aromatic rings. The average Bonchev–Trinajstić information content (AvgIpc) is 3.55. The summed E-state index contributed by atoms with van der Waals surface area (Å²) >= 11 is 7.70. The Morgan fingerprint density at radius 3 is 2.97 bits per heavy atom. The van der Waals surface area contributed by atoms with Crippen LogP contribution < -0.4 is 14.8 Å². The minimum Gasteiger partial charge on any atom is -0.493 e. The highest BCUT2D eigenvalue weighted by atomic mass is 35.5. The molecule has 0 bridgehead atoms. The molecule has 1 amide bonds. The first kappa shape index (κ1) is 22.8. The van der Waals surface area contributed by atoms with Crippen molar-refractivity contribution in [1.29, 1.82) is 5.26 Å². The number of nitrogens with zero attached hydrogens (tertiary/aromatic N) is 2. The van der Waals surface area contributed by atoms with Crippen molar-refractivity contribution in [1.82, 2.24) is 10.3 Å². The van der Waals surface area contributed by atoms with Crippen LogP contribution in [0.1, 0.15) is 40.6 Å². The summed E-state index contributed by atoms with van der Waals surface area (Å²) in [5.74, 6) is 1.68. The van der Waals surface area contributed by atoms with Crippen LogP contribution in [0.2, 0.25) is 5.02 Å². The van der Waals surface area contributed by atoms with E-state index in [2.05, 4.69) is 10.3 Å². The monoisotopic (exact) mass is 479 g/mol. The van der Waals surface area contributed by atoms with Gasteiger partial charge in [0.05, 0.1) is 28.1 Å². The lowest BCUT2D eigenvalue weighted by atomic mass is 10.1. The average molecular weight is 480 g/mol. The van der Waals surface area contributed by atoms with Crippen molar-refractivity contribution in [2.75, 3.05) is 6.61 Å². The van der Waals surface area contributed by atoms with Gasteiger partial charge in [-0.2, -0.15) is 5.26 Å². The molecule has 1 saturated carbocycles. The summed E-state index contributed by atoms with van der Waals surface area (Å²) in [5.41, 5.74) is 0.896. The Morgan fingerprint density at radius 2 is 2.21 bits per heavy atom. The third-order valence-electron chi connectivity index (χ3n) is 4.95. The summed E-state index contributed by atoms with van der Waals surface area (Å²) in [5, 5.41) is 12.8. The lowest BCUT2D eigenvalue weighted by Gasteiger charge is -2.09. The van der Waals surface area contributed by atoms with Crippen molar-refractivity contribution in [3.05, 3.63) is 75.8 Å². The van der Waals surface area contributed by atoms with Gasteiger partial charge in [-0.1, -0.05) is 35.1 Å². The van der Waals surface area contributed by atoms with Crippen LogP contribution in [0, 0.1) is 17.2 Å². The molecular formula is C25H22ClN3O3S. The second-order valence-electron chi connectivity index (χ2n) is 7.79. The summed E-state index contributed by atoms with van der Waals surface area (Å²) in [7, 11) is 0. The second-order valence-corrected chi connectivity index (χ2v) is 9.22. The lowest BCUT2D eigenvalue weighted by molar-refractivity contribution is 0.0947. The van der Waals surface area contributed by atoms with Gasteiger partial charge in [0.25, 0.3) is 11.1 Å². The number of nitriles is 1. The van der Waals surface area contributed by atoms with Crippen LogP contribution in [0.25, 0.3) is 6.08 Å². The molecule has 8 heteroatoms. The Hall–Kier alpha value is -3.34. The number of carbonyl (C=O) groups is 1. The second kappa shape index (κ2) is 10.5. The normalized spacial score (nSPS) is 14.0. The van der Waals surface area contributed by atoms with Gasteiger partial charge < -0.3 is 14.8 Å². The summed E-state index contributed by atoms with van der Waals surface area (Å²) in [6.45, 7) is 2.59. The van der Waals surface area contributed by atoms with Crippen molar-refractivity contribution in [2.45, 2.75) is 25.8 Å². The minimum absolute atomic E-state index is 0.215. The number of halogens is 1. The molecule has 4 rings (SSSR count). The van der Waals surface area contributed by atoms with Crippen LogP contribution in [0.3, 0.4) is 0 Å². The van der Waals surface area contributed by atoms with Gasteiger partial charge >= 0.3 is 0 Å². The van der Waals surface area contributed by atoms with E-state index in [9.17, 15) is 4.79 Å². The Balaban J connectivity index is 1.31. The smallest absolute Gasteiger partial charge is 0.279 e. The number of carbonyl (C=O) groups excluding carboxylic acids is 1. The molecule has 0 spiro atoms. The van der Waals surface area contributed by atoms with E-state index in [0.29, 0.717) is 33.0 Å². The minimum atomic E-state index is -0.239. The number of hydrogen-bond donors (Lipinski definition) is 1. The summed E-state index contributed by atoms with van der Waals surface area (Å²) in [6.07, 6.45) is 7.90. The largest absolute Gasteiger partial charge is 0.493 e. The van der Waals surface area contributed by atoms with Crippen LogP contribution in [0.4, 0.5) is 0 Å². The molecule has 0 aliphatic heterocycles. The SMILES string of the molecule is C[C@@H](/C=C/c1cnc(Oc2ccc(OCC3CC3)cc2Cl)s1)NC(=O)c1cccc(C#N)c1. The van der Waals surface area contributed by atoms with Crippen molar-refractivity contribution in [3.63, 3.8) is 0 Å². The fraction of sp³-hybridized carbons (Fsp3) is 0.240. The molecule has 2 aromatic carbocycles. The molecule has 0 radical (unpaired) electrons. The van der Waals surface area contributed by atoms with Gasteiger partial charge in [0.1, 0.15) is 11.5 Å². The number of thiazole rings is 1. The van der Waals surface area contributed by atoms with Crippen LogP contribution in [-0.4, -0.2) is 23.5 Å². The molecule has 1 heterocycles. The highest BCUT2D eigenvalue weighted by Gasteiger charge is 2.22. The van der Waals surface area contributed by atoms with E-state index in [1.165, 1.54) is 24.2 Å². The number of amides is 1. The maximum absolute atomic E-state index is 12.4. The number of rotatable bonds is 9. The van der Waals surface area contributed by atoms with Gasteiger partial charge in [0.2, 0.25) is 0 Å². The highest BCUT2D eigenvalue weighted by molar-refractivity contribution is 7.14. The van der Waals surface area contributed by atoms with Crippen molar-refractivity contribution in [2.24, 2.45) is 5.92 Å². The van der Waals surface area contributed by atoms with E-state index in [0.717, 1.165) is 17.2 Å². The summed E-state index contributed by atoms with van der Waals surface area (Å²) < 4.78 is 11.6. The van der Waals surface area contributed by atoms with E-state index in [4.69, 9.17) is 26.3 Å². The van der Waals surface area contributed by atoms with Crippen LogP contribution in [-0.2, 0) is 0 Å². The molecule has 1 aliphatic rings. The zero-order valence-electron chi connectivity index (χ0n) is 18.0. The number of hydrogen-bond acceptors (Lipinski definition) is 6. The topological polar surface area (TPSA) is 84.2 Å². The molecule has 168 valence electrons. The fourth-order valence-electron chi connectivity index (χ4n) is 2.95. The molecule has 1 N–H and O–H groups in total. The van der Waals surface area contributed by atoms with Gasteiger partial charge in [-0.25, -0.2) is 4.98 Å². The zero-order valence-corrected chi connectivity index (χ0v) is 19.5. The van der Waals surface area contributed by atoms with Crippen molar-refractivity contribution >= 4 is 34.9 Å². The number of aromatic nitrogens is 1. The van der Waals surface area contributed by atoms with Gasteiger partial charge in [0.15, 0.2) is 0 Å². The van der Waals surface area contributed by atoms with E-state index in [1.54, 1.807) is 42.6 Å². The van der Waals surface area contributed by atoms with E-state index in [1.807, 2.05) is 31.2 Å². The Bertz CT molecular complexity index is 1210. The van der Waals surface area contributed by atoms with Crippen LogP contribution in [0.5, 0.6) is 16.7 Å². The molecular weight excluding hydrogens is 458 g/mol. The molecule has 1 aromatic heterocycles. The lowest BCUT2D eigenvalue weighted by Crippen LogP contribution is -2.30. The van der Waals surface area contributed by atoms with Gasteiger partial charge in [-0.05, 0) is 62.1 Å². The predicted octanol–water partition coefficient (Wildman–Crippen LogP) is 6.08. The quantitative estimate of drug-likeness (QED) is 0.402. The summed E-state index contributed by atoms with van der Waals surface area (Å²) in [6, 6.07) is 13.8. The standard InChI is InChI=1S/C25H22ClN3O3S/c1-16(29-24(30)19-4-2-3-18(11-19)13-27)5-9-21-14-28-25(33-21)32-23-10-8-20(12-22(23)26)31-15-17-6-7-17/h2-5,8-12,14,16-17H,6-7,15H2,1H3,(H,29,30)/b9-5+/t16-/m0/s1. The molecule has 6 nitrogen and oxygen atoms in total. The first-order valence-corrected chi connectivity index (χ1v) is 11.7. The molecule has 1 aliphatic carbocycles. The fourth-order valence-corrected chi connectivity index (χ4v) is 3.85. The van der Waals surface area contributed by atoms with Crippen molar-refractivity contribution in [3.8, 4) is 22.8 Å². The number of benzene rings is 2. The third-order valence-corrected chi connectivity index (χ3v) is 6.08. The van der Waals surface area contributed by atoms with Crippen molar-refractivity contribution < 1.29 is 14.3 Å². The Labute approximate surface area is 201 Å². The molecule has 0 unspecified atom stereocenters. The zero-order chi connectivity index (χ0) is 23.2. The van der Waals surface area contributed by atoms with E-state index < -0.39 is 0 Å². The predicted molar refractivity (Wildman–Crippen MR) is 129 cm³/mol. The summed E-state index contributed by atoms with van der Waals surface area (Å²) in [4.78, 5) is 17.5. The maximum Gasteiger partial charge on any atom is 0.279 e. The van der Waals surface area contributed by atoms with Gasteiger partial charge in [-0.15, -0.1) is 0 Å². The maximum atomic E-state index is 12.4. The molecule has 1 atom stereocenters. The van der Waals surface area contributed by atoms with E-state index in [-0.39, 0.29) is 11.9 Å². The molecule has 1 fully saturated rings. The molecule has 0 saturated heterocycles. The first-order chi connectivity index (χ1) is 16.0. The highest BCUT2D eigenvalue weighted by Crippen LogP contribution is 2.35. The Morgan fingerprint density at radius 1 is 1.36 bits per heavy atom. The number of nitrogens with one attached hydrogen (secondary N) is 1. The first-order valence-electron chi connectivity index (χ1n) is 10.6. The van der Waals surface area contributed by atoms with Crippen LogP contribution in [0.15, 0.2) is 54.7 Å². The number of ether oxygens (including phenoxy) is 2. The molecule has 33 heavy (non-hydrogen) atoms. The third kappa shape index (κ3) is 6.58. The van der Waals surface area contributed by atoms with E-state index >= 15 is 0 Å².